The van der Waals surface area contributed by atoms with Crippen LogP contribution >= 0.6 is 0 Å². The Hall–Kier alpha value is -1.44. The van der Waals surface area contributed by atoms with E-state index in [2.05, 4.69) is 10.2 Å². The van der Waals surface area contributed by atoms with Crippen LogP contribution < -0.4 is 5.32 Å². The van der Waals surface area contributed by atoms with Gasteiger partial charge in [-0.2, -0.15) is 4.31 Å². The third kappa shape index (κ3) is 6.09. The minimum Gasteiger partial charge on any atom is -0.355 e. The number of carbonyl (C=O) groups excluding carboxylic acids is 1. The lowest BCUT2D eigenvalue weighted by Gasteiger charge is -2.26. The predicted octanol–water partition coefficient (Wildman–Crippen LogP) is 1.61. The zero-order valence-electron chi connectivity index (χ0n) is 15.2. The Morgan fingerprint density at radius 2 is 1.80 bits per heavy atom. The molecule has 1 fully saturated rings. The standard InChI is InChI=1S/C18H29N3O3S/c1-16-7-9-17(10-8-16)25(23,24)20(2)15-18(22)19-11-6-14-21-12-4-3-5-13-21/h7-10H,3-6,11-15H2,1-2H3,(H,19,22). The Bertz CT molecular complexity index is 653. The Labute approximate surface area is 151 Å². The average Bonchev–Trinajstić information content (AvgIpc) is 2.60. The van der Waals surface area contributed by atoms with Crippen LogP contribution in [0.25, 0.3) is 0 Å². The molecule has 0 saturated carbocycles. The molecule has 1 N–H and O–H groups in total. The molecule has 0 bridgehead atoms. The number of likely N-dealkylation sites (N-methyl/N-ethyl adjacent to an activating group) is 1. The van der Waals surface area contributed by atoms with Crippen molar-refractivity contribution in [1.29, 1.82) is 0 Å². The molecule has 0 aliphatic carbocycles. The van der Waals surface area contributed by atoms with Crippen LogP contribution in [0.15, 0.2) is 29.2 Å². The van der Waals surface area contributed by atoms with Crippen LogP contribution in [0.3, 0.4) is 0 Å². The first-order chi connectivity index (χ1) is 11.9. The fourth-order valence-electron chi connectivity index (χ4n) is 2.95. The van der Waals surface area contributed by atoms with Crippen LogP contribution in [-0.2, 0) is 14.8 Å². The third-order valence-electron chi connectivity index (χ3n) is 4.52. The van der Waals surface area contributed by atoms with E-state index < -0.39 is 10.0 Å². The molecule has 1 aliphatic rings. The van der Waals surface area contributed by atoms with E-state index in [1.54, 1.807) is 24.3 Å². The number of likely N-dealkylation sites (tertiary alicyclic amines) is 1. The lowest BCUT2D eigenvalue weighted by atomic mass is 10.1. The lowest BCUT2D eigenvalue weighted by Crippen LogP contribution is -2.39. The normalized spacial score (nSPS) is 16.1. The first kappa shape index (κ1) is 19.9. The van der Waals surface area contributed by atoms with Gasteiger partial charge in [0.2, 0.25) is 15.9 Å². The molecule has 1 aliphatic heterocycles. The maximum absolute atomic E-state index is 12.5. The minimum atomic E-state index is -3.63. The molecule has 1 aromatic carbocycles. The second-order valence-corrected chi connectivity index (χ2v) is 8.72. The molecule has 1 amide bonds. The lowest BCUT2D eigenvalue weighted by molar-refractivity contribution is -0.121. The first-order valence-corrected chi connectivity index (χ1v) is 10.4. The zero-order chi connectivity index (χ0) is 18.3. The van der Waals surface area contributed by atoms with Crippen LogP contribution in [0.5, 0.6) is 0 Å². The van der Waals surface area contributed by atoms with E-state index in [0.29, 0.717) is 6.54 Å². The van der Waals surface area contributed by atoms with E-state index in [0.717, 1.165) is 35.9 Å². The highest BCUT2D eigenvalue weighted by atomic mass is 32.2. The molecule has 1 aromatic rings. The van der Waals surface area contributed by atoms with E-state index in [9.17, 15) is 13.2 Å². The van der Waals surface area contributed by atoms with Gasteiger partial charge in [-0.15, -0.1) is 0 Å². The second kappa shape index (κ2) is 9.31. The van der Waals surface area contributed by atoms with Gasteiger partial charge in [0.1, 0.15) is 0 Å². The largest absolute Gasteiger partial charge is 0.355 e. The molecule has 6 nitrogen and oxygen atoms in total. The summed E-state index contributed by atoms with van der Waals surface area (Å²) in [7, 11) is -2.20. The molecule has 25 heavy (non-hydrogen) atoms. The van der Waals surface area contributed by atoms with Crippen LogP contribution in [0, 0.1) is 6.92 Å². The van der Waals surface area contributed by atoms with E-state index in [-0.39, 0.29) is 17.3 Å². The highest BCUT2D eigenvalue weighted by Crippen LogP contribution is 2.14. The van der Waals surface area contributed by atoms with Crippen molar-refractivity contribution < 1.29 is 13.2 Å². The molecule has 0 radical (unpaired) electrons. The Morgan fingerprint density at radius 3 is 2.44 bits per heavy atom. The average molecular weight is 368 g/mol. The van der Waals surface area contributed by atoms with Gasteiger partial charge in [-0.05, 0) is 58.0 Å². The molecular formula is C18H29N3O3S. The van der Waals surface area contributed by atoms with Gasteiger partial charge in [0.25, 0.3) is 0 Å². The fraction of sp³-hybridized carbons (Fsp3) is 0.611. The number of aryl methyl sites for hydroxylation is 1. The van der Waals surface area contributed by atoms with Gasteiger partial charge in [0.05, 0.1) is 11.4 Å². The molecule has 2 rings (SSSR count). The van der Waals surface area contributed by atoms with Crippen molar-refractivity contribution in [2.75, 3.05) is 39.8 Å². The van der Waals surface area contributed by atoms with Gasteiger partial charge in [0.15, 0.2) is 0 Å². The predicted molar refractivity (Wildman–Crippen MR) is 98.9 cm³/mol. The number of rotatable bonds is 8. The number of piperidine rings is 1. The SMILES string of the molecule is Cc1ccc(S(=O)(=O)N(C)CC(=O)NCCCN2CCCCC2)cc1. The molecule has 7 heteroatoms. The number of carbonyl (C=O) groups is 1. The molecule has 0 aromatic heterocycles. The number of sulfonamides is 1. The maximum Gasteiger partial charge on any atom is 0.243 e. The summed E-state index contributed by atoms with van der Waals surface area (Å²) in [6.07, 6.45) is 4.72. The van der Waals surface area contributed by atoms with E-state index in [1.165, 1.54) is 26.3 Å². The number of amides is 1. The van der Waals surface area contributed by atoms with Crippen molar-refractivity contribution in [3.63, 3.8) is 0 Å². The Balaban J connectivity index is 1.74. The number of nitrogens with one attached hydrogen (secondary N) is 1. The molecule has 0 unspecified atom stereocenters. The molecule has 140 valence electrons. The smallest absolute Gasteiger partial charge is 0.243 e. The molecule has 0 spiro atoms. The van der Waals surface area contributed by atoms with E-state index in [4.69, 9.17) is 0 Å². The molecule has 1 saturated heterocycles. The van der Waals surface area contributed by atoms with Crippen molar-refractivity contribution >= 4 is 15.9 Å². The fourth-order valence-corrected chi connectivity index (χ4v) is 4.07. The summed E-state index contributed by atoms with van der Waals surface area (Å²) in [5.41, 5.74) is 0.994. The minimum absolute atomic E-state index is 0.167. The number of hydrogen-bond donors (Lipinski definition) is 1. The van der Waals surface area contributed by atoms with Gasteiger partial charge < -0.3 is 10.2 Å². The van der Waals surface area contributed by atoms with Gasteiger partial charge in [0, 0.05) is 13.6 Å². The van der Waals surface area contributed by atoms with Crippen molar-refractivity contribution in [3.05, 3.63) is 29.8 Å². The van der Waals surface area contributed by atoms with Crippen LogP contribution in [0.2, 0.25) is 0 Å². The van der Waals surface area contributed by atoms with Crippen LogP contribution in [0.1, 0.15) is 31.2 Å². The van der Waals surface area contributed by atoms with Crippen molar-refractivity contribution in [1.82, 2.24) is 14.5 Å². The Morgan fingerprint density at radius 1 is 1.16 bits per heavy atom. The van der Waals surface area contributed by atoms with Gasteiger partial charge >= 0.3 is 0 Å². The van der Waals surface area contributed by atoms with E-state index >= 15 is 0 Å². The number of benzene rings is 1. The van der Waals surface area contributed by atoms with Crippen molar-refractivity contribution in [2.45, 2.75) is 37.5 Å². The topological polar surface area (TPSA) is 69.7 Å². The van der Waals surface area contributed by atoms with Gasteiger partial charge in [-0.25, -0.2) is 8.42 Å². The summed E-state index contributed by atoms with van der Waals surface area (Å²) < 4.78 is 26.0. The molecular weight excluding hydrogens is 338 g/mol. The van der Waals surface area contributed by atoms with Crippen molar-refractivity contribution in [2.24, 2.45) is 0 Å². The highest BCUT2D eigenvalue weighted by Gasteiger charge is 2.22. The summed E-state index contributed by atoms with van der Waals surface area (Å²) in [4.78, 5) is 14.6. The van der Waals surface area contributed by atoms with Crippen LogP contribution in [-0.4, -0.2) is 63.3 Å². The first-order valence-electron chi connectivity index (χ1n) is 8.91. The summed E-state index contributed by atoms with van der Waals surface area (Å²) in [5.74, 6) is -0.267. The van der Waals surface area contributed by atoms with Gasteiger partial charge in [-0.1, -0.05) is 24.1 Å². The summed E-state index contributed by atoms with van der Waals surface area (Å²) >= 11 is 0. The molecule has 1 heterocycles. The quantitative estimate of drug-likeness (QED) is 0.709. The van der Waals surface area contributed by atoms with Gasteiger partial charge in [-0.3, -0.25) is 4.79 Å². The summed E-state index contributed by atoms with van der Waals surface area (Å²) in [6.45, 7) is 5.58. The van der Waals surface area contributed by atoms with Crippen LogP contribution in [0.4, 0.5) is 0 Å². The van der Waals surface area contributed by atoms with Crippen molar-refractivity contribution in [3.8, 4) is 0 Å². The monoisotopic (exact) mass is 367 g/mol. The molecule has 0 atom stereocenters. The summed E-state index contributed by atoms with van der Waals surface area (Å²) in [5, 5.41) is 2.81. The zero-order valence-corrected chi connectivity index (χ0v) is 16.0. The Kier molecular flexibility index (Phi) is 7.40. The number of hydrogen-bond acceptors (Lipinski definition) is 4. The third-order valence-corrected chi connectivity index (χ3v) is 6.34. The highest BCUT2D eigenvalue weighted by molar-refractivity contribution is 7.89. The maximum atomic E-state index is 12.5. The van der Waals surface area contributed by atoms with E-state index in [1.807, 2.05) is 6.92 Å². The summed E-state index contributed by atoms with van der Waals surface area (Å²) in [6, 6.07) is 6.64. The number of nitrogens with zero attached hydrogens (tertiary/aromatic N) is 2. The second-order valence-electron chi connectivity index (χ2n) is 6.68.